The summed E-state index contributed by atoms with van der Waals surface area (Å²) in [6, 6.07) is 40.4. The van der Waals surface area contributed by atoms with Gasteiger partial charge in [0.25, 0.3) is 0 Å². The van der Waals surface area contributed by atoms with Crippen LogP contribution >= 0.6 is 0 Å². The van der Waals surface area contributed by atoms with Crippen LogP contribution in [-0.4, -0.2) is 14.2 Å². The SMILES string of the molecule is COc1cc2c3cc4ccccc4cc3c3cc4c(cc5c6cc7ccccc7cc6c6cc(OC)cc4c65)c(c1)c23. The molecule has 0 spiro atoms. The summed E-state index contributed by atoms with van der Waals surface area (Å²) in [6.45, 7) is 0. The quantitative estimate of drug-likeness (QED) is 0.205. The van der Waals surface area contributed by atoms with Gasteiger partial charge in [0.2, 0.25) is 0 Å². The van der Waals surface area contributed by atoms with Crippen molar-refractivity contribution >= 4 is 97.0 Å². The Bertz CT molecular complexity index is 2560. The van der Waals surface area contributed by atoms with Crippen molar-refractivity contribution in [1.29, 1.82) is 0 Å². The maximum Gasteiger partial charge on any atom is 0.120 e. The van der Waals surface area contributed by atoms with Crippen molar-refractivity contribution < 1.29 is 9.47 Å². The lowest BCUT2D eigenvalue weighted by Crippen LogP contribution is -1.87. The second kappa shape index (κ2) is 7.69. The number of methoxy groups -OCH3 is 2. The van der Waals surface area contributed by atoms with Gasteiger partial charge in [-0.2, -0.15) is 0 Å². The molecule has 2 heteroatoms. The zero-order chi connectivity index (χ0) is 27.7. The molecule has 0 saturated heterocycles. The molecule has 0 saturated carbocycles. The van der Waals surface area contributed by atoms with E-state index in [2.05, 4.69) is 109 Å². The fraction of sp³-hybridized carbons (Fsp3) is 0.0500. The average Bonchev–Trinajstić information content (AvgIpc) is 3.51. The highest BCUT2D eigenvalue weighted by Crippen LogP contribution is 2.50. The van der Waals surface area contributed by atoms with Crippen LogP contribution in [0.2, 0.25) is 0 Å². The molecule has 0 bridgehead atoms. The maximum atomic E-state index is 5.91. The topological polar surface area (TPSA) is 18.5 Å². The van der Waals surface area contributed by atoms with Crippen LogP contribution < -0.4 is 9.47 Å². The summed E-state index contributed by atoms with van der Waals surface area (Å²) >= 11 is 0. The minimum absolute atomic E-state index is 0.881. The molecule has 10 aromatic rings. The number of fused-ring (bicyclic) bond motifs is 11. The van der Waals surface area contributed by atoms with Crippen LogP contribution in [0.4, 0.5) is 0 Å². The van der Waals surface area contributed by atoms with Crippen molar-refractivity contribution in [2.45, 2.75) is 0 Å². The molecule has 196 valence electrons. The normalized spacial score (nSPS) is 12.5. The van der Waals surface area contributed by atoms with Crippen LogP contribution in [0.3, 0.4) is 0 Å². The Hall–Kier alpha value is -5.34. The molecule has 0 radical (unpaired) electrons. The van der Waals surface area contributed by atoms with E-state index in [-0.39, 0.29) is 0 Å². The molecule has 0 aliphatic rings. The van der Waals surface area contributed by atoms with Crippen LogP contribution in [0.5, 0.6) is 11.5 Å². The van der Waals surface area contributed by atoms with Gasteiger partial charge < -0.3 is 9.47 Å². The van der Waals surface area contributed by atoms with Gasteiger partial charge in [-0.3, -0.25) is 0 Å². The lowest BCUT2D eigenvalue weighted by Gasteiger charge is -2.12. The third kappa shape index (κ3) is 2.70. The Morgan fingerprint density at radius 1 is 0.310 bits per heavy atom. The predicted octanol–water partition coefficient (Wildman–Crippen LogP) is 11.0. The zero-order valence-electron chi connectivity index (χ0n) is 23.2. The van der Waals surface area contributed by atoms with E-state index in [1.165, 1.54) is 97.0 Å². The number of ether oxygens (including phenoxy) is 2. The minimum Gasteiger partial charge on any atom is -0.497 e. The third-order valence-electron chi connectivity index (χ3n) is 9.61. The molecule has 0 heterocycles. The fourth-order valence-electron chi connectivity index (χ4n) is 7.73. The Morgan fingerprint density at radius 3 is 0.857 bits per heavy atom. The van der Waals surface area contributed by atoms with Crippen molar-refractivity contribution in [2.75, 3.05) is 14.2 Å². The van der Waals surface area contributed by atoms with Crippen LogP contribution in [0.1, 0.15) is 0 Å². The van der Waals surface area contributed by atoms with Gasteiger partial charge >= 0.3 is 0 Å². The molecule has 2 nitrogen and oxygen atoms in total. The van der Waals surface area contributed by atoms with Gasteiger partial charge in [0.15, 0.2) is 0 Å². The smallest absolute Gasteiger partial charge is 0.120 e. The molecule has 42 heavy (non-hydrogen) atoms. The Morgan fingerprint density at radius 2 is 0.571 bits per heavy atom. The highest BCUT2D eigenvalue weighted by Gasteiger charge is 2.21. The first kappa shape index (κ1) is 22.4. The predicted molar refractivity (Wildman–Crippen MR) is 179 cm³/mol. The highest BCUT2D eigenvalue weighted by molar-refractivity contribution is 6.42. The largest absolute Gasteiger partial charge is 0.497 e. The summed E-state index contributed by atoms with van der Waals surface area (Å²) in [5.41, 5.74) is 0. The van der Waals surface area contributed by atoms with Gasteiger partial charge in [-0.1, -0.05) is 48.5 Å². The molecule has 0 aliphatic heterocycles. The van der Waals surface area contributed by atoms with Gasteiger partial charge in [-0.15, -0.1) is 0 Å². The molecule has 0 amide bonds. The van der Waals surface area contributed by atoms with E-state index in [9.17, 15) is 0 Å². The van der Waals surface area contributed by atoms with Gasteiger partial charge in [0.1, 0.15) is 11.5 Å². The summed E-state index contributed by atoms with van der Waals surface area (Å²) in [7, 11) is 3.54. The summed E-state index contributed by atoms with van der Waals surface area (Å²) in [4.78, 5) is 0. The van der Waals surface area contributed by atoms with Crippen LogP contribution in [0.15, 0.2) is 109 Å². The summed E-state index contributed by atoms with van der Waals surface area (Å²) in [6.07, 6.45) is 0. The number of rotatable bonds is 2. The number of benzene rings is 8. The van der Waals surface area contributed by atoms with Crippen molar-refractivity contribution in [3.8, 4) is 11.5 Å². The van der Waals surface area contributed by atoms with Crippen molar-refractivity contribution in [2.24, 2.45) is 0 Å². The third-order valence-corrected chi connectivity index (χ3v) is 9.61. The average molecular weight is 537 g/mol. The molecule has 0 aromatic heterocycles. The molecular weight excluding hydrogens is 512 g/mol. The van der Waals surface area contributed by atoms with Gasteiger partial charge in [-0.05, 0) is 158 Å². The number of hydrogen-bond acceptors (Lipinski definition) is 2. The molecule has 0 N–H and O–H groups in total. The monoisotopic (exact) mass is 536 g/mol. The maximum absolute atomic E-state index is 5.91. The second-order valence-corrected chi connectivity index (χ2v) is 11.6. The summed E-state index contributed by atoms with van der Waals surface area (Å²) < 4.78 is 11.8. The fourth-order valence-corrected chi connectivity index (χ4v) is 7.73. The standard InChI is InChI=1S/C40H24O2/c1-41-25-15-33-27-11-21-7-3-5-9-23(21)13-29(27)37-20-32-31(35(17-25)39(33)37)19-38-30-14-24-10-6-4-8-22(24)12-28(30)34-16-26(42-2)18-36(32)40(34)38/h3-20H,1-2H3. The highest BCUT2D eigenvalue weighted by atomic mass is 16.5. The van der Waals surface area contributed by atoms with Crippen LogP contribution in [0.25, 0.3) is 97.0 Å². The van der Waals surface area contributed by atoms with E-state index in [4.69, 9.17) is 9.47 Å². The lowest BCUT2D eigenvalue weighted by atomic mass is 9.93. The van der Waals surface area contributed by atoms with Crippen molar-refractivity contribution in [3.05, 3.63) is 109 Å². The zero-order valence-corrected chi connectivity index (χ0v) is 23.2. The van der Waals surface area contributed by atoms with Gasteiger partial charge in [0.05, 0.1) is 14.2 Å². The Balaban J connectivity index is 1.50. The molecule has 0 fully saturated rings. The van der Waals surface area contributed by atoms with E-state index >= 15 is 0 Å². The number of hydrogen-bond donors (Lipinski definition) is 0. The second-order valence-electron chi connectivity index (χ2n) is 11.6. The molecule has 10 aromatic carbocycles. The van der Waals surface area contributed by atoms with E-state index in [1.54, 1.807) is 14.2 Å². The first-order valence-corrected chi connectivity index (χ1v) is 14.4. The van der Waals surface area contributed by atoms with Crippen molar-refractivity contribution in [3.63, 3.8) is 0 Å². The van der Waals surface area contributed by atoms with E-state index in [0.717, 1.165) is 11.5 Å². The molecule has 0 atom stereocenters. The summed E-state index contributed by atoms with van der Waals surface area (Å²) in [5.74, 6) is 1.76. The minimum atomic E-state index is 0.881. The lowest BCUT2D eigenvalue weighted by molar-refractivity contribution is 0.416. The first-order valence-electron chi connectivity index (χ1n) is 14.4. The van der Waals surface area contributed by atoms with E-state index in [0.29, 0.717) is 0 Å². The molecule has 0 unspecified atom stereocenters. The van der Waals surface area contributed by atoms with Gasteiger partial charge in [-0.25, -0.2) is 0 Å². The Labute approximate surface area is 240 Å². The van der Waals surface area contributed by atoms with Crippen LogP contribution in [0, 0.1) is 0 Å². The van der Waals surface area contributed by atoms with Crippen molar-refractivity contribution in [1.82, 2.24) is 0 Å². The molecule has 10 rings (SSSR count). The van der Waals surface area contributed by atoms with Crippen LogP contribution in [-0.2, 0) is 0 Å². The Kier molecular flexibility index (Phi) is 4.09. The van der Waals surface area contributed by atoms with Gasteiger partial charge in [0, 0.05) is 0 Å². The first-order chi connectivity index (χ1) is 20.7. The molecular formula is C40H24O2. The summed E-state index contributed by atoms with van der Waals surface area (Å²) in [5, 5.41) is 22.8. The van der Waals surface area contributed by atoms with E-state index < -0.39 is 0 Å². The molecule has 0 aliphatic carbocycles. The van der Waals surface area contributed by atoms with E-state index in [1.807, 2.05) is 0 Å².